The predicted octanol–water partition coefficient (Wildman–Crippen LogP) is 3.36. The van der Waals surface area contributed by atoms with Crippen molar-refractivity contribution in [3.63, 3.8) is 0 Å². The van der Waals surface area contributed by atoms with E-state index in [1.165, 1.54) is 18.2 Å². The normalized spacial score (nSPS) is 23.3. The van der Waals surface area contributed by atoms with Crippen molar-refractivity contribution < 1.29 is 45.4 Å². The number of amides is 1. The molecule has 0 bridgehead atoms. The van der Waals surface area contributed by atoms with Gasteiger partial charge in [-0.1, -0.05) is 24.3 Å². The van der Waals surface area contributed by atoms with Gasteiger partial charge in [-0.2, -0.15) is 21.6 Å². The summed E-state index contributed by atoms with van der Waals surface area (Å²) in [6, 6.07) is 9.29. The number of sulfonamides is 1. The smallest absolute Gasteiger partial charge is 0.455 e. The van der Waals surface area contributed by atoms with E-state index >= 15 is 0 Å². The fourth-order valence-electron chi connectivity index (χ4n) is 4.34. The summed E-state index contributed by atoms with van der Waals surface area (Å²) in [5.74, 6) is -2.49. The van der Waals surface area contributed by atoms with Crippen LogP contribution in [0.1, 0.15) is 38.6 Å². The van der Waals surface area contributed by atoms with E-state index in [2.05, 4.69) is 0 Å². The van der Waals surface area contributed by atoms with Gasteiger partial charge >= 0.3 is 21.5 Å². The molecule has 3 atom stereocenters. The lowest BCUT2D eigenvalue weighted by Gasteiger charge is -2.42. The zero-order chi connectivity index (χ0) is 24.3. The molecule has 2 heterocycles. The third-order valence-corrected chi connectivity index (χ3v) is 7.40. The molecular formula is C22H16F3NO7S. The van der Waals surface area contributed by atoms with Crippen molar-refractivity contribution in [3.05, 3.63) is 71.3 Å². The Hall–Kier alpha value is -3.54. The standard InChI is InChI=1S/C22H16F3NO7S/c23-22(24,25)34(29,30)26-17-7-6-13(33-21(28)12-4-2-1-3-5-12)8-15(17)14-9-18-19(32-11-31-18)10-16(14)20(26)27/h1-7,9-10,13,15,17H,8,11H2. The Morgan fingerprint density at radius 2 is 1.74 bits per heavy atom. The summed E-state index contributed by atoms with van der Waals surface area (Å²) in [6.45, 7) is -0.151. The zero-order valence-corrected chi connectivity index (χ0v) is 18.0. The predicted molar refractivity (Wildman–Crippen MR) is 110 cm³/mol. The van der Waals surface area contributed by atoms with Gasteiger partial charge in [0.2, 0.25) is 6.79 Å². The van der Waals surface area contributed by atoms with Crippen LogP contribution in [0.2, 0.25) is 0 Å². The summed E-state index contributed by atoms with van der Waals surface area (Å²) in [5.41, 5.74) is -5.37. The minimum atomic E-state index is -6.01. The van der Waals surface area contributed by atoms with E-state index in [9.17, 15) is 31.2 Å². The van der Waals surface area contributed by atoms with Gasteiger partial charge in [0.1, 0.15) is 6.10 Å². The number of rotatable bonds is 3. The molecule has 2 aliphatic heterocycles. The van der Waals surface area contributed by atoms with Crippen LogP contribution in [-0.4, -0.2) is 49.0 Å². The quantitative estimate of drug-likeness (QED) is 0.476. The number of nitrogens with zero attached hydrogens (tertiary/aromatic N) is 1. The highest BCUT2D eigenvalue weighted by atomic mass is 32.2. The van der Waals surface area contributed by atoms with Crippen molar-refractivity contribution in [2.45, 2.75) is 30.0 Å². The maximum absolute atomic E-state index is 13.5. The summed E-state index contributed by atoms with van der Waals surface area (Å²) < 4.78 is 81.0. The third kappa shape index (κ3) is 3.49. The molecule has 0 spiro atoms. The number of ether oxygens (including phenoxy) is 3. The largest absolute Gasteiger partial charge is 0.516 e. The van der Waals surface area contributed by atoms with Gasteiger partial charge in [-0.25, -0.2) is 9.10 Å². The van der Waals surface area contributed by atoms with Gasteiger partial charge in [0, 0.05) is 11.5 Å². The molecular weight excluding hydrogens is 479 g/mol. The van der Waals surface area contributed by atoms with E-state index in [0.29, 0.717) is 0 Å². The Labute approximate surface area is 191 Å². The summed E-state index contributed by atoms with van der Waals surface area (Å²) in [7, 11) is -6.01. The lowest BCUT2D eigenvalue weighted by molar-refractivity contribution is -0.0494. The van der Waals surface area contributed by atoms with E-state index in [1.807, 2.05) is 0 Å². The fourth-order valence-corrected chi connectivity index (χ4v) is 5.42. The number of alkyl halides is 3. The molecule has 34 heavy (non-hydrogen) atoms. The minimum Gasteiger partial charge on any atom is -0.455 e. The first-order chi connectivity index (χ1) is 16.1. The Morgan fingerprint density at radius 1 is 1.06 bits per heavy atom. The Bertz CT molecular complexity index is 1310. The van der Waals surface area contributed by atoms with Crippen LogP contribution in [-0.2, 0) is 14.8 Å². The molecule has 3 unspecified atom stereocenters. The van der Waals surface area contributed by atoms with Crippen molar-refractivity contribution in [2.24, 2.45) is 0 Å². The molecule has 12 heteroatoms. The molecule has 0 radical (unpaired) electrons. The molecule has 5 rings (SSSR count). The average molecular weight is 495 g/mol. The SMILES string of the molecule is O=C(OC1C=CC2C(C1)c1cc3c(cc1C(=O)N2S(=O)(=O)C(F)(F)F)OCO3)c1ccccc1. The maximum atomic E-state index is 13.5. The van der Waals surface area contributed by atoms with Crippen molar-refractivity contribution >= 4 is 21.9 Å². The van der Waals surface area contributed by atoms with Crippen LogP contribution in [0.3, 0.4) is 0 Å². The van der Waals surface area contributed by atoms with Crippen LogP contribution in [0.25, 0.3) is 0 Å². The lowest BCUT2D eigenvalue weighted by atomic mass is 9.77. The minimum absolute atomic E-state index is 0.0520. The van der Waals surface area contributed by atoms with Crippen LogP contribution >= 0.6 is 0 Å². The zero-order valence-electron chi connectivity index (χ0n) is 17.2. The molecule has 0 aromatic heterocycles. The van der Waals surface area contributed by atoms with Gasteiger partial charge < -0.3 is 14.2 Å². The maximum Gasteiger partial charge on any atom is 0.516 e. The van der Waals surface area contributed by atoms with Gasteiger partial charge in [-0.3, -0.25) is 4.79 Å². The van der Waals surface area contributed by atoms with E-state index in [4.69, 9.17) is 14.2 Å². The molecule has 178 valence electrons. The molecule has 0 saturated carbocycles. The highest BCUT2D eigenvalue weighted by Crippen LogP contribution is 2.47. The molecule has 8 nitrogen and oxygen atoms in total. The highest BCUT2D eigenvalue weighted by Gasteiger charge is 2.57. The second kappa shape index (κ2) is 7.76. The van der Waals surface area contributed by atoms with E-state index in [-0.39, 0.29) is 45.7 Å². The van der Waals surface area contributed by atoms with Gasteiger partial charge in [-0.15, -0.1) is 0 Å². The van der Waals surface area contributed by atoms with Crippen LogP contribution in [0, 0.1) is 0 Å². The van der Waals surface area contributed by atoms with Crippen molar-refractivity contribution in [3.8, 4) is 11.5 Å². The van der Waals surface area contributed by atoms with Gasteiger partial charge in [0.05, 0.1) is 11.6 Å². The molecule has 0 N–H and O–H groups in total. The molecule has 0 saturated heterocycles. The third-order valence-electron chi connectivity index (χ3n) is 5.89. The average Bonchev–Trinajstić information content (AvgIpc) is 3.26. The first-order valence-electron chi connectivity index (χ1n) is 10.1. The second-order valence-corrected chi connectivity index (χ2v) is 9.68. The molecule has 2 aromatic rings. The molecule has 1 amide bonds. The summed E-state index contributed by atoms with van der Waals surface area (Å²) in [4.78, 5) is 25.5. The Kier molecular flexibility index (Phi) is 5.08. The molecule has 0 fully saturated rings. The molecule has 3 aliphatic rings. The van der Waals surface area contributed by atoms with Gasteiger partial charge in [-0.05, 0) is 42.3 Å². The number of carbonyl (C=O) groups excluding carboxylic acids is 2. The summed E-state index contributed by atoms with van der Waals surface area (Å²) in [6.07, 6.45) is 1.54. The van der Waals surface area contributed by atoms with Crippen molar-refractivity contribution in [2.75, 3.05) is 6.79 Å². The first kappa shape index (κ1) is 22.3. The molecule has 2 aromatic carbocycles. The summed E-state index contributed by atoms with van der Waals surface area (Å²) in [5, 5.41) is 0. The topological polar surface area (TPSA) is 99.2 Å². The van der Waals surface area contributed by atoms with E-state index in [0.717, 1.165) is 6.08 Å². The Morgan fingerprint density at radius 3 is 2.41 bits per heavy atom. The van der Waals surface area contributed by atoms with Crippen molar-refractivity contribution in [1.82, 2.24) is 4.31 Å². The van der Waals surface area contributed by atoms with Crippen LogP contribution in [0.4, 0.5) is 13.2 Å². The number of hydrogen-bond donors (Lipinski definition) is 0. The highest BCUT2D eigenvalue weighted by molar-refractivity contribution is 7.90. The van der Waals surface area contributed by atoms with E-state index < -0.39 is 45.5 Å². The van der Waals surface area contributed by atoms with Gasteiger partial charge in [0.25, 0.3) is 5.91 Å². The van der Waals surface area contributed by atoms with Crippen LogP contribution < -0.4 is 9.47 Å². The fraction of sp³-hybridized carbons (Fsp3) is 0.273. The number of benzene rings is 2. The second-order valence-electron chi connectivity index (χ2n) is 7.87. The number of halogens is 3. The Balaban J connectivity index is 1.56. The number of esters is 1. The first-order valence-corrected chi connectivity index (χ1v) is 11.5. The number of carbonyl (C=O) groups is 2. The summed E-state index contributed by atoms with van der Waals surface area (Å²) >= 11 is 0. The monoisotopic (exact) mass is 495 g/mol. The van der Waals surface area contributed by atoms with Crippen LogP contribution in [0.15, 0.2) is 54.6 Å². The number of hydrogen-bond acceptors (Lipinski definition) is 7. The van der Waals surface area contributed by atoms with E-state index in [1.54, 1.807) is 30.3 Å². The van der Waals surface area contributed by atoms with Gasteiger partial charge in [0.15, 0.2) is 11.5 Å². The molecule has 1 aliphatic carbocycles. The lowest BCUT2D eigenvalue weighted by Crippen LogP contribution is -2.55. The van der Waals surface area contributed by atoms with Crippen molar-refractivity contribution in [1.29, 1.82) is 0 Å². The van der Waals surface area contributed by atoms with Crippen LogP contribution in [0.5, 0.6) is 11.5 Å². The number of fused-ring (bicyclic) bond motifs is 4.